The van der Waals surface area contributed by atoms with E-state index in [-0.39, 0.29) is 11.6 Å². The van der Waals surface area contributed by atoms with Gasteiger partial charge in [-0.15, -0.1) is 0 Å². The van der Waals surface area contributed by atoms with Gasteiger partial charge in [-0.05, 0) is 31.2 Å². The number of anilines is 1. The molecule has 11 heteroatoms. The molecule has 9 nitrogen and oxygen atoms in total. The van der Waals surface area contributed by atoms with Gasteiger partial charge < -0.3 is 15.0 Å². The van der Waals surface area contributed by atoms with Gasteiger partial charge in [0.25, 0.3) is 5.56 Å². The van der Waals surface area contributed by atoms with Crippen LogP contribution in [-0.4, -0.2) is 63.2 Å². The first-order chi connectivity index (χ1) is 17.5. The Bertz CT molecular complexity index is 1450. The molecule has 0 spiro atoms. The van der Waals surface area contributed by atoms with E-state index in [0.717, 1.165) is 0 Å². The topological polar surface area (TPSA) is 92.1 Å². The van der Waals surface area contributed by atoms with E-state index in [0.29, 0.717) is 72.0 Å². The fourth-order valence-corrected chi connectivity index (χ4v) is 5.02. The molecule has 2 aromatic carbocycles. The van der Waals surface area contributed by atoms with Crippen molar-refractivity contribution in [3.63, 3.8) is 0 Å². The summed E-state index contributed by atoms with van der Waals surface area (Å²) in [6, 6.07) is 15.0. The van der Waals surface area contributed by atoms with E-state index in [9.17, 15) is 14.0 Å². The molecule has 186 valence electrons. The number of hydrogen-bond acceptors (Lipinski definition) is 7. The molecular weight excluding hydrogens is 483 g/mol. The van der Waals surface area contributed by atoms with E-state index in [1.807, 2.05) is 31.2 Å². The number of ether oxygens (including phenoxy) is 1. The lowest BCUT2D eigenvalue weighted by molar-refractivity contribution is 0.142. The predicted molar refractivity (Wildman–Crippen MR) is 136 cm³/mol. The SMILES string of the molecule is CCOc1ccccc1NC(=O)N1CCN(Cc2cc(=O)n3nc(-c4ccccc4F)sc3n2)CC1. The van der Waals surface area contributed by atoms with Gasteiger partial charge in [-0.1, -0.05) is 35.6 Å². The number of fused-ring (bicyclic) bond motifs is 1. The lowest BCUT2D eigenvalue weighted by Crippen LogP contribution is -2.49. The van der Waals surface area contributed by atoms with Gasteiger partial charge in [0.1, 0.15) is 11.6 Å². The Kier molecular flexibility index (Phi) is 6.92. The largest absolute Gasteiger partial charge is 0.492 e. The fraction of sp³-hybridized carbons (Fsp3) is 0.280. The summed E-state index contributed by atoms with van der Waals surface area (Å²) in [5.74, 6) is 0.245. The maximum atomic E-state index is 14.2. The van der Waals surface area contributed by atoms with Gasteiger partial charge in [-0.25, -0.2) is 14.2 Å². The molecule has 0 atom stereocenters. The first-order valence-electron chi connectivity index (χ1n) is 11.7. The molecule has 1 aliphatic heterocycles. The summed E-state index contributed by atoms with van der Waals surface area (Å²) in [6.07, 6.45) is 0. The van der Waals surface area contributed by atoms with Gasteiger partial charge in [-0.3, -0.25) is 9.69 Å². The molecule has 3 heterocycles. The van der Waals surface area contributed by atoms with Gasteiger partial charge in [0, 0.05) is 44.4 Å². The number of nitrogens with zero attached hydrogens (tertiary/aromatic N) is 5. The van der Waals surface area contributed by atoms with Gasteiger partial charge >= 0.3 is 6.03 Å². The number of urea groups is 1. The summed E-state index contributed by atoms with van der Waals surface area (Å²) >= 11 is 1.18. The molecule has 0 saturated carbocycles. The van der Waals surface area contributed by atoms with Crippen LogP contribution in [0.2, 0.25) is 0 Å². The van der Waals surface area contributed by atoms with Crippen molar-refractivity contribution in [1.82, 2.24) is 24.4 Å². The summed E-state index contributed by atoms with van der Waals surface area (Å²) in [4.78, 5) is 34.3. The molecular formula is C25H25FN6O3S. The van der Waals surface area contributed by atoms with Crippen LogP contribution < -0.4 is 15.6 Å². The van der Waals surface area contributed by atoms with E-state index in [1.165, 1.54) is 28.0 Å². The van der Waals surface area contributed by atoms with E-state index in [2.05, 4.69) is 20.3 Å². The number of carbonyl (C=O) groups excluding carboxylic acids is 1. The number of carbonyl (C=O) groups is 1. The van der Waals surface area contributed by atoms with Crippen molar-refractivity contribution in [2.75, 3.05) is 38.1 Å². The molecule has 1 fully saturated rings. The number of halogens is 1. The number of amides is 2. The average molecular weight is 509 g/mol. The Balaban J connectivity index is 1.23. The third-order valence-electron chi connectivity index (χ3n) is 5.88. The number of nitrogens with one attached hydrogen (secondary N) is 1. The van der Waals surface area contributed by atoms with Gasteiger partial charge in [-0.2, -0.15) is 9.61 Å². The number of para-hydroxylation sites is 2. The minimum Gasteiger partial charge on any atom is -0.492 e. The molecule has 2 amide bonds. The van der Waals surface area contributed by atoms with E-state index in [1.54, 1.807) is 23.1 Å². The Hall–Kier alpha value is -3.83. The zero-order valence-electron chi connectivity index (χ0n) is 19.7. The lowest BCUT2D eigenvalue weighted by atomic mass is 10.2. The second-order valence-electron chi connectivity index (χ2n) is 8.29. The van der Waals surface area contributed by atoms with Gasteiger partial charge in [0.05, 0.1) is 18.0 Å². The molecule has 1 N–H and O–H groups in total. The number of benzene rings is 2. The van der Waals surface area contributed by atoms with Crippen molar-refractivity contribution in [2.24, 2.45) is 0 Å². The van der Waals surface area contributed by atoms with E-state index < -0.39 is 5.82 Å². The number of aromatic nitrogens is 3. The Morgan fingerprint density at radius 1 is 1.11 bits per heavy atom. The minimum absolute atomic E-state index is 0.176. The van der Waals surface area contributed by atoms with Crippen molar-refractivity contribution in [1.29, 1.82) is 0 Å². The summed E-state index contributed by atoms with van der Waals surface area (Å²) in [5, 5.41) is 7.59. The Labute approximate surface area is 210 Å². The van der Waals surface area contributed by atoms with Crippen molar-refractivity contribution in [3.05, 3.63) is 76.5 Å². The summed E-state index contributed by atoms with van der Waals surface area (Å²) in [5.41, 5.74) is 1.29. The standard InChI is InChI=1S/C25H25FN6O3S/c1-2-35-21-10-6-5-9-20(21)28-24(34)31-13-11-30(12-14-31)16-17-15-22(33)32-25(27-17)36-23(29-32)18-7-3-4-8-19(18)26/h3-10,15H,2,11-14,16H2,1H3,(H,28,34). The molecule has 0 bridgehead atoms. The fourth-order valence-electron chi connectivity index (χ4n) is 4.06. The minimum atomic E-state index is -0.395. The molecule has 2 aromatic heterocycles. The van der Waals surface area contributed by atoms with Crippen molar-refractivity contribution in [2.45, 2.75) is 13.5 Å². The summed E-state index contributed by atoms with van der Waals surface area (Å²) < 4.78 is 21.0. The summed E-state index contributed by atoms with van der Waals surface area (Å²) in [7, 11) is 0. The molecule has 5 rings (SSSR count). The van der Waals surface area contributed by atoms with Crippen LogP contribution in [0.25, 0.3) is 15.5 Å². The average Bonchev–Trinajstić information content (AvgIpc) is 3.31. The molecule has 36 heavy (non-hydrogen) atoms. The number of rotatable bonds is 6. The van der Waals surface area contributed by atoms with Crippen LogP contribution in [0.3, 0.4) is 0 Å². The lowest BCUT2D eigenvalue weighted by Gasteiger charge is -2.34. The highest BCUT2D eigenvalue weighted by Crippen LogP contribution is 2.27. The van der Waals surface area contributed by atoms with Crippen LogP contribution in [0.4, 0.5) is 14.9 Å². The van der Waals surface area contributed by atoms with Gasteiger partial charge in [0.15, 0.2) is 5.01 Å². The highest BCUT2D eigenvalue weighted by Gasteiger charge is 2.23. The Morgan fingerprint density at radius 2 is 1.86 bits per heavy atom. The van der Waals surface area contributed by atoms with Crippen LogP contribution >= 0.6 is 11.3 Å². The van der Waals surface area contributed by atoms with E-state index >= 15 is 0 Å². The van der Waals surface area contributed by atoms with Crippen molar-refractivity contribution in [3.8, 4) is 16.3 Å². The highest BCUT2D eigenvalue weighted by molar-refractivity contribution is 7.19. The van der Waals surface area contributed by atoms with Crippen molar-refractivity contribution >= 4 is 28.0 Å². The summed E-state index contributed by atoms with van der Waals surface area (Å²) in [6.45, 7) is 5.26. The molecule has 1 aliphatic rings. The first-order valence-corrected chi connectivity index (χ1v) is 12.5. The molecule has 0 aliphatic carbocycles. The van der Waals surface area contributed by atoms with Crippen LogP contribution in [0.1, 0.15) is 12.6 Å². The molecule has 0 radical (unpaired) electrons. The second-order valence-corrected chi connectivity index (χ2v) is 9.25. The highest BCUT2D eigenvalue weighted by atomic mass is 32.1. The zero-order chi connectivity index (χ0) is 25.1. The Morgan fingerprint density at radius 3 is 2.64 bits per heavy atom. The monoisotopic (exact) mass is 508 g/mol. The zero-order valence-corrected chi connectivity index (χ0v) is 20.5. The van der Waals surface area contributed by atoms with E-state index in [4.69, 9.17) is 4.74 Å². The second kappa shape index (κ2) is 10.4. The maximum Gasteiger partial charge on any atom is 0.322 e. The van der Waals surface area contributed by atoms with Crippen molar-refractivity contribution < 1.29 is 13.9 Å². The maximum absolute atomic E-state index is 14.2. The normalized spacial score (nSPS) is 14.2. The number of piperazine rings is 1. The van der Waals surface area contributed by atoms with Crippen LogP contribution in [-0.2, 0) is 6.54 Å². The smallest absolute Gasteiger partial charge is 0.322 e. The quantitative estimate of drug-likeness (QED) is 0.427. The van der Waals surface area contributed by atoms with Crippen LogP contribution in [0.5, 0.6) is 5.75 Å². The third-order valence-corrected chi connectivity index (χ3v) is 6.82. The van der Waals surface area contributed by atoms with Crippen LogP contribution in [0.15, 0.2) is 59.4 Å². The predicted octanol–water partition coefficient (Wildman–Crippen LogP) is 3.71. The molecule has 1 saturated heterocycles. The number of hydrogen-bond donors (Lipinski definition) is 1. The molecule has 0 unspecified atom stereocenters. The van der Waals surface area contributed by atoms with Crippen LogP contribution in [0, 0.1) is 5.82 Å². The third kappa shape index (κ3) is 5.07. The van der Waals surface area contributed by atoms with Gasteiger partial charge in [0.2, 0.25) is 4.96 Å². The first kappa shape index (κ1) is 23.9. The molecule has 4 aromatic rings.